The van der Waals surface area contributed by atoms with E-state index in [1.165, 1.54) is 20.2 Å². The lowest BCUT2D eigenvalue weighted by atomic mass is 10.1. The van der Waals surface area contributed by atoms with Crippen LogP contribution in [0.5, 0.6) is 0 Å². The SMILES string of the molecule is c1cc(-c2ncc[nH]2)c2sc3c(-c4ncc[nH]4)cccc3c2c1. The largest absolute Gasteiger partial charge is 0.345 e. The highest BCUT2D eigenvalue weighted by atomic mass is 32.1. The standard InChI is InChI=1S/C18H12N4S/c1-3-11-12-4-2-6-14(18-21-9-10-22-18)16(12)23-15(11)13(5-1)17-19-7-8-20-17/h1-10H,(H,19,20)(H,21,22). The number of aromatic nitrogens is 4. The Morgan fingerprint density at radius 2 is 1.22 bits per heavy atom. The van der Waals surface area contributed by atoms with Crippen LogP contribution in [0.3, 0.4) is 0 Å². The lowest BCUT2D eigenvalue weighted by Gasteiger charge is -1.99. The minimum absolute atomic E-state index is 0.904. The Hall–Kier alpha value is -2.92. The molecule has 0 spiro atoms. The van der Waals surface area contributed by atoms with Gasteiger partial charge in [0.15, 0.2) is 0 Å². The van der Waals surface area contributed by atoms with Crippen molar-refractivity contribution in [1.82, 2.24) is 19.9 Å². The van der Waals surface area contributed by atoms with E-state index in [9.17, 15) is 0 Å². The Morgan fingerprint density at radius 3 is 1.65 bits per heavy atom. The van der Waals surface area contributed by atoms with E-state index in [-0.39, 0.29) is 0 Å². The van der Waals surface area contributed by atoms with E-state index in [1.54, 1.807) is 23.7 Å². The molecule has 2 aromatic carbocycles. The van der Waals surface area contributed by atoms with Gasteiger partial charge in [-0.05, 0) is 12.1 Å². The Morgan fingerprint density at radius 1 is 0.696 bits per heavy atom. The molecule has 0 fully saturated rings. The van der Waals surface area contributed by atoms with Crippen LogP contribution in [0.4, 0.5) is 0 Å². The van der Waals surface area contributed by atoms with Gasteiger partial charge in [-0.15, -0.1) is 11.3 Å². The summed E-state index contributed by atoms with van der Waals surface area (Å²) in [4.78, 5) is 15.2. The van der Waals surface area contributed by atoms with Gasteiger partial charge in [-0.3, -0.25) is 0 Å². The van der Waals surface area contributed by atoms with Crippen LogP contribution in [0.1, 0.15) is 0 Å². The number of rotatable bonds is 2. The van der Waals surface area contributed by atoms with Crippen LogP contribution in [0.25, 0.3) is 42.9 Å². The maximum Gasteiger partial charge on any atom is 0.138 e. The van der Waals surface area contributed by atoms with E-state index < -0.39 is 0 Å². The number of benzene rings is 2. The fraction of sp³-hybridized carbons (Fsp3) is 0. The van der Waals surface area contributed by atoms with Gasteiger partial charge in [0.1, 0.15) is 11.6 Å². The molecule has 4 nitrogen and oxygen atoms in total. The molecule has 0 radical (unpaired) electrons. The number of thiophene rings is 1. The highest BCUT2D eigenvalue weighted by Crippen LogP contribution is 2.42. The number of imidazole rings is 2. The van der Waals surface area contributed by atoms with Crippen molar-refractivity contribution in [2.45, 2.75) is 0 Å². The van der Waals surface area contributed by atoms with Crippen molar-refractivity contribution in [3.63, 3.8) is 0 Å². The van der Waals surface area contributed by atoms with Gasteiger partial charge in [-0.1, -0.05) is 24.3 Å². The van der Waals surface area contributed by atoms with E-state index in [4.69, 9.17) is 0 Å². The second-order valence-electron chi connectivity index (χ2n) is 5.34. The minimum atomic E-state index is 0.904. The van der Waals surface area contributed by atoms with E-state index in [0.717, 1.165) is 22.8 Å². The van der Waals surface area contributed by atoms with E-state index in [0.29, 0.717) is 0 Å². The molecule has 2 N–H and O–H groups in total. The Kier molecular flexibility index (Phi) is 2.63. The first-order chi connectivity index (χ1) is 11.4. The molecule has 0 saturated heterocycles. The second kappa shape index (κ2) is 4.79. The van der Waals surface area contributed by atoms with Crippen LogP contribution < -0.4 is 0 Å². The Labute approximate surface area is 135 Å². The van der Waals surface area contributed by atoms with Crippen molar-refractivity contribution in [3.05, 3.63) is 61.2 Å². The van der Waals surface area contributed by atoms with Gasteiger partial charge in [-0.2, -0.15) is 0 Å². The third-order valence-corrected chi connectivity index (χ3v) is 5.32. The summed E-state index contributed by atoms with van der Waals surface area (Å²) in [7, 11) is 0. The average molecular weight is 316 g/mol. The van der Waals surface area contributed by atoms with Gasteiger partial charge < -0.3 is 9.97 Å². The zero-order valence-electron chi connectivity index (χ0n) is 12.1. The molecule has 0 aliphatic carbocycles. The number of nitrogens with zero attached hydrogens (tertiary/aromatic N) is 2. The maximum atomic E-state index is 4.41. The minimum Gasteiger partial charge on any atom is -0.345 e. The van der Waals surface area contributed by atoms with Crippen molar-refractivity contribution in [2.24, 2.45) is 0 Å². The molecule has 3 heterocycles. The Bertz CT molecular complexity index is 1020. The monoisotopic (exact) mass is 316 g/mol. The maximum absolute atomic E-state index is 4.41. The molecule has 0 amide bonds. The molecule has 3 aromatic heterocycles. The van der Waals surface area contributed by atoms with E-state index in [1.807, 2.05) is 12.4 Å². The van der Waals surface area contributed by atoms with E-state index in [2.05, 4.69) is 56.3 Å². The first-order valence-electron chi connectivity index (χ1n) is 7.35. The predicted octanol–water partition coefficient (Wildman–Crippen LogP) is 4.83. The van der Waals surface area contributed by atoms with Gasteiger partial charge in [0.2, 0.25) is 0 Å². The fourth-order valence-corrected chi connectivity index (χ4v) is 4.35. The summed E-state index contributed by atoms with van der Waals surface area (Å²) in [5, 5.41) is 2.51. The summed E-state index contributed by atoms with van der Waals surface area (Å²) >= 11 is 1.79. The van der Waals surface area contributed by atoms with Crippen molar-refractivity contribution >= 4 is 31.5 Å². The Balaban J connectivity index is 1.89. The van der Waals surface area contributed by atoms with Gasteiger partial charge in [-0.25, -0.2) is 9.97 Å². The van der Waals surface area contributed by atoms with Crippen molar-refractivity contribution < 1.29 is 0 Å². The summed E-state index contributed by atoms with van der Waals surface area (Å²) in [5.74, 6) is 1.81. The van der Waals surface area contributed by atoms with Crippen LogP contribution in [-0.2, 0) is 0 Å². The summed E-state index contributed by atoms with van der Waals surface area (Å²) in [6.07, 6.45) is 7.29. The topological polar surface area (TPSA) is 57.4 Å². The smallest absolute Gasteiger partial charge is 0.138 e. The van der Waals surface area contributed by atoms with Gasteiger partial charge >= 0.3 is 0 Å². The van der Waals surface area contributed by atoms with Crippen LogP contribution >= 0.6 is 11.3 Å². The quantitative estimate of drug-likeness (QED) is 0.490. The van der Waals surface area contributed by atoms with Crippen molar-refractivity contribution in [2.75, 3.05) is 0 Å². The zero-order valence-corrected chi connectivity index (χ0v) is 12.9. The third kappa shape index (κ3) is 1.83. The lowest BCUT2D eigenvalue weighted by molar-refractivity contribution is 1.32. The molecular formula is C18H12N4S. The molecule has 0 saturated carbocycles. The third-order valence-electron chi connectivity index (χ3n) is 4.03. The normalized spacial score (nSPS) is 11.5. The molecule has 0 unspecified atom stereocenters. The van der Waals surface area contributed by atoms with E-state index >= 15 is 0 Å². The molecule has 5 heteroatoms. The van der Waals surface area contributed by atoms with Crippen LogP contribution in [-0.4, -0.2) is 19.9 Å². The molecular weight excluding hydrogens is 304 g/mol. The summed E-state index contributed by atoms with van der Waals surface area (Å²) < 4.78 is 2.49. The summed E-state index contributed by atoms with van der Waals surface area (Å²) in [6.45, 7) is 0. The molecule has 5 rings (SSSR count). The van der Waals surface area contributed by atoms with Crippen molar-refractivity contribution in [1.29, 1.82) is 0 Å². The molecule has 0 bridgehead atoms. The summed E-state index contributed by atoms with van der Waals surface area (Å²) in [5.41, 5.74) is 2.28. The molecule has 0 aliphatic rings. The first-order valence-corrected chi connectivity index (χ1v) is 8.17. The number of aromatic amines is 2. The number of fused-ring (bicyclic) bond motifs is 3. The first kappa shape index (κ1) is 12.6. The average Bonchev–Trinajstić information content (AvgIpc) is 3.33. The molecule has 0 atom stereocenters. The highest BCUT2D eigenvalue weighted by Gasteiger charge is 2.14. The summed E-state index contributed by atoms with van der Waals surface area (Å²) in [6, 6.07) is 12.8. The number of nitrogens with one attached hydrogen (secondary N) is 2. The lowest BCUT2D eigenvalue weighted by Crippen LogP contribution is -1.80. The van der Waals surface area contributed by atoms with Gasteiger partial charge in [0.25, 0.3) is 0 Å². The molecule has 23 heavy (non-hydrogen) atoms. The van der Waals surface area contributed by atoms with Crippen molar-refractivity contribution in [3.8, 4) is 22.8 Å². The number of hydrogen-bond acceptors (Lipinski definition) is 3. The molecule has 110 valence electrons. The number of hydrogen-bond donors (Lipinski definition) is 2. The van der Waals surface area contributed by atoms with Gasteiger partial charge in [0.05, 0.1) is 0 Å². The predicted molar refractivity (Wildman–Crippen MR) is 94.5 cm³/mol. The fourth-order valence-electron chi connectivity index (χ4n) is 3.02. The number of H-pyrrole nitrogens is 2. The van der Waals surface area contributed by atoms with Gasteiger partial charge in [0, 0.05) is 56.1 Å². The second-order valence-corrected chi connectivity index (χ2v) is 6.36. The molecule has 0 aliphatic heterocycles. The van der Waals surface area contributed by atoms with Crippen LogP contribution in [0, 0.1) is 0 Å². The van der Waals surface area contributed by atoms with Crippen LogP contribution in [0.15, 0.2) is 61.2 Å². The molecule has 5 aromatic rings. The highest BCUT2D eigenvalue weighted by molar-refractivity contribution is 7.26. The zero-order chi connectivity index (χ0) is 15.2. The van der Waals surface area contributed by atoms with Crippen LogP contribution in [0.2, 0.25) is 0 Å².